The second-order valence-corrected chi connectivity index (χ2v) is 4.90. The number of carbonyl (C=O) groups is 1. The summed E-state index contributed by atoms with van der Waals surface area (Å²) in [5.74, 6) is 0.693. The molecule has 0 aromatic rings. The van der Waals surface area contributed by atoms with Crippen molar-refractivity contribution in [3.63, 3.8) is 0 Å². The average Bonchev–Trinajstić information content (AvgIpc) is 2.40. The molecule has 0 saturated carbocycles. The van der Waals surface area contributed by atoms with Gasteiger partial charge in [-0.3, -0.25) is 4.79 Å². The Bertz CT molecular complexity index is 325. The Hall–Kier alpha value is -1.05. The zero-order valence-electron chi connectivity index (χ0n) is 9.08. The normalized spacial score (nSPS) is 28.6. The molecule has 1 atom stereocenters. The van der Waals surface area contributed by atoms with Crippen LogP contribution in [0.15, 0.2) is 23.9 Å². The van der Waals surface area contributed by atoms with Crippen LogP contribution in [-0.4, -0.2) is 17.4 Å². The van der Waals surface area contributed by atoms with Gasteiger partial charge in [0.2, 0.25) is 5.91 Å². The number of carbonyl (C=O) groups excluding carboxylic acids is 1. The maximum atomic E-state index is 11.4. The van der Waals surface area contributed by atoms with Gasteiger partial charge in [-0.1, -0.05) is 26.0 Å². The van der Waals surface area contributed by atoms with Gasteiger partial charge in [-0.2, -0.15) is 0 Å². The lowest BCUT2D eigenvalue weighted by atomic mass is 9.77. The van der Waals surface area contributed by atoms with E-state index in [1.54, 1.807) is 6.92 Å². The van der Waals surface area contributed by atoms with Crippen molar-refractivity contribution in [2.45, 2.75) is 27.2 Å². The first-order valence-electron chi connectivity index (χ1n) is 5.17. The van der Waals surface area contributed by atoms with Crippen LogP contribution in [0.4, 0.5) is 0 Å². The van der Waals surface area contributed by atoms with Gasteiger partial charge in [0.25, 0.3) is 0 Å². The molecule has 2 aliphatic rings. The molecule has 76 valence electrons. The van der Waals surface area contributed by atoms with Gasteiger partial charge < -0.3 is 4.90 Å². The predicted octanol–water partition coefficient (Wildman–Crippen LogP) is 2.33. The first-order chi connectivity index (χ1) is 6.52. The minimum Gasteiger partial charge on any atom is -0.316 e. The maximum absolute atomic E-state index is 11.4. The molecule has 1 amide bonds. The summed E-state index contributed by atoms with van der Waals surface area (Å²) in [6.07, 6.45) is 7.41. The molecule has 1 aliphatic heterocycles. The fourth-order valence-electron chi connectivity index (χ4n) is 2.52. The lowest BCUT2D eigenvalue weighted by Gasteiger charge is -2.25. The van der Waals surface area contributed by atoms with Crippen LogP contribution < -0.4 is 0 Å². The number of hydrogen-bond donors (Lipinski definition) is 0. The Morgan fingerprint density at radius 1 is 1.57 bits per heavy atom. The summed E-state index contributed by atoms with van der Waals surface area (Å²) in [5, 5.41) is 0. The quantitative estimate of drug-likeness (QED) is 0.575. The first-order valence-corrected chi connectivity index (χ1v) is 5.17. The molecule has 1 heterocycles. The van der Waals surface area contributed by atoms with Gasteiger partial charge in [0, 0.05) is 25.1 Å². The van der Waals surface area contributed by atoms with Gasteiger partial charge in [0.05, 0.1) is 0 Å². The molecule has 2 heteroatoms. The number of allylic oxidation sites excluding steroid dienone is 4. The number of nitrogens with zero attached hydrogens (tertiary/aromatic N) is 1. The summed E-state index contributed by atoms with van der Waals surface area (Å²) in [5.41, 5.74) is 1.44. The molecular weight excluding hydrogens is 174 g/mol. The maximum Gasteiger partial charge on any atom is 0.223 e. The van der Waals surface area contributed by atoms with Crippen LogP contribution in [0.5, 0.6) is 0 Å². The first kappa shape index (κ1) is 9.50. The zero-order chi connectivity index (χ0) is 10.3. The van der Waals surface area contributed by atoms with E-state index in [1.807, 2.05) is 4.90 Å². The fourth-order valence-corrected chi connectivity index (χ4v) is 2.52. The molecule has 0 bridgehead atoms. The van der Waals surface area contributed by atoms with E-state index in [9.17, 15) is 4.79 Å². The van der Waals surface area contributed by atoms with Gasteiger partial charge in [0.1, 0.15) is 0 Å². The van der Waals surface area contributed by atoms with Crippen molar-refractivity contribution in [1.29, 1.82) is 0 Å². The fraction of sp³-hybridized carbons (Fsp3) is 0.583. The third-order valence-corrected chi connectivity index (χ3v) is 3.33. The molecule has 14 heavy (non-hydrogen) atoms. The summed E-state index contributed by atoms with van der Waals surface area (Å²) >= 11 is 0. The van der Waals surface area contributed by atoms with Crippen molar-refractivity contribution < 1.29 is 4.79 Å². The third kappa shape index (κ3) is 1.29. The van der Waals surface area contributed by atoms with E-state index < -0.39 is 0 Å². The van der Waals surface area contributed by atoms with Crippen molar-refractivity contribution in [3.05, 3.63) is 23.9 Å². The predicted molar refractivity (Wildman–Crippen MR) is 56.5 cm³/mol. The average molecular weight is 191 g/mol. The van der Waals surface area contributed by atoms with Crippen LogP contribution in [0.3, 0.4) is 0 Å². The Morgan fingerprint density at radius 2 is 2.29 bits per heavy atom. The van der Waals surface area contributed by atoms with Crippen molar-refractivity contribution >= 4 is 5.91 Å². The van der Waals surface area contributed by atoms with Crippen molar-refractivity contribution in [1.82, 2.24) is 4.90 Å². The number of fused-ring (bicyclic) bond motifs is 1. The van der Waals surface area contributed by atoms with E-state index in [-0.39, 0.29) is 11.3 Å². The van der Waals surface area contributed by atoms with E-state index in [4.69, 9.17) is 0 Å². The van der Waals surface area contributed by atoms with Crippen molar-refractivity contribution in [3.8, 4) is 0 Å². The minimum atomic E-state index is 0.169. The molecule has 0 aromatic heterocycles. The summed E-state index contributed by atoms with van der Waals surface area (Å²) in [6.45, 7) is 7.00. The molecule has 1 saturated heterocycles. The monoisotopic (exact) mass is 191 g/mol. The zero-order valence-corrected chi connectivity index (χ0v) is 9.08. The largest absolute Gasteiger partial charge is 0.316 e. The van der Waals surface area contributed by atoms with Gasteiger partial charge in [-0.05, 0) is 17.9 Å². The van der Waals surface area contributed by atoms with Gasteiger partial charge in [-0.15, -0.1) is 0 Å². The van der Waals surface area contributed by atoms with Gasteiger partial charge in [0.15, 0.2) is 0 Å². The van der Waals surface area contributed by atoms with E-state index in [2.05, 4.69) is 32.1 Å². The van der Waals surface area contributed by atoms with Crippen molar-refractivity contribution in [2.75, 3.05) is 6.54 Å². The van der Waals surface area contributed by atoms with Crippen LogP contribution in [0.25, 0.3) is 0 Å². The van der Waals surface area contributed by atoms with E-state index in [0.717, 1.165) is 13.0 Å². The van der Waals surface area contributed by atoms with Crippen LogP contribution in [-0.2, 0) is 4.79 Å². The molecule has 2 rings (SSSR count). The van der Waals surface area contributed by atoms with Crippen LogP contribution >= 0.6 is 0 Å². The van der Waals surface area contributed by atoms with E-state index in [0.29, 0.717) is 5.92 Å². The molecule has 1 unspecified atom stereocenters. The number of hydrogen-bond acceptors (Lipinski definition) is 1. The number of likely N-dealkylation sites (tertiary alicyclic amines) is 1. The molecule has 0 aromatic carbocycles. The van der Waals surface area contributed by atoms with Gasteiger partial charge in [-0.25, -0.2) is 0 Å². The number of rotatable bonds is 0. The molecule has 0 radical (unpaired) electrons. The summed E-state index contributed by atoms with van der Waals surface area (Å²) in [4.78, 5) is 13.4. The highest BCUT2D eigenvalue weighted by Gasteiger charge is 2.43. The molecular formula is C12H17NO. The SMILES string of the molecule is CC(=O)N1CC(C)(C)C2CC=CC=C21. The summed E-state index contributed by atoms with van der Waals surface area (Å²) < 4.78 is 0. The summed E-state index contributed by atoms with van der Waals surface area (Å²) in [7, 11) is 0. The van der Waals surface area contributed by atoms with Crippen LogP contribution in [0.1, 0.15) is 27.2 Å². The van der Waals surface area contributed by atoms with E-state index >= 15 is 0 Å². The lowest BCUT2D eigenvalue weighted by molar-refractivity contribution is -0.126. The van der Waals surface area contributed by atoms with Crippen molar-refractivity contribution in [2.24, 2.45) is 11.3 Å². The highest BCUT2D eigenvalue weighted by molar-refractivity contribution is 5.76. The van der Waals surface area contributed by atoms with E-state index in [1.165, 1.54) is 5.70 Å². The molecule has 1 fully saturated rings. The van der Waals surface area contributed by atoms with Gasteiger partial charge >= 0.3 is 0 Å². The highest BCUT2D eigenvalue weighted by Crippen LogP contribution is 2.45. The smallest absolute Gasteiger partial charge is 0.223 e. The highest BCUT2D eigenvalue weighted by atomic mass is 16.2. The molecule has 1 aliphatic carbocycles. The number of amides is 1. The Kier molecular flexibility index (Phi) is 2.02. The van der Waals surface area contributed by atoms with Crippen LogP contribution in [0.2, 0.25) is 0 Å². The minimum absolute atomic E-state index is 0.169. The topological polar surface area (TPSA) is 20.3 Å². The Labute approximate surface area is 85.3 Å². The molecule has 2 nitrogen and oxygen atoms in total. The summed E-state index contributed by atoms with van der Waals surface area (Å²) in [6, 6.07) is 0. The Morgan fingerprint density at radius 3 is 2.93 bits per heavy atom. The standard InChI is InChI=1S/C12H17NO/c1-9(14)13-8-12(2,3)10-6-4-5-7-11(10)13/h4-5,7,10H,6,8H2,1-3H3. The molecule has 0 spiro atoms. The third-order valence-electron chi connectivity index (χ3n) is 3.33. The second-order valence-electron chi connectivity index (χ2n) is 4.90. The lowest BCUT2D eigenvalue weighted by Crippen LogP contribution is -2.27. The second kappa shape index (κ2) is 2.97. The molecule has 0 N–H and O–H groups in total. The van der Waals surface area contributed by atoms with Crippen LogP contribution in [0, 0.1) is 11.3 Å². The Balaban J connectivity index is 2.37.